The average Bonchev–Trinajstić information content (AvgIpc) is 2.36. The molecule has 2 aromatic rings. The minimum Gasteiger partial charge on any atom is -0.392 e. The van der Waals surface area contributed by atoms with Gasteiger partial charge in [-0.25, -0.2) is 8.42 Å². The van der Waals surface area contributed by atoms with E-state index < -0.39 is 10.0 Å². The molecule has 112 valence electrons. The van der Waals surface area contributed by atoms with Gasteiger partial charge in [-0.1, -0.05) is 29.3 Å². The van der Waals surface area contributed by atoms with E-state index in [0.717, 1.165) is 0 Å². The Labute approximate surface area is 140 Å². The third kappa shape index (κ3) is 4.11. The zero-order valence-corrected chi connectivity index (χ0v) is 14.4. The minimum absolute atomic E-state index is 0.0517. The molecule has 0 aliphatic heterocycles. The first kappa shape index (κ1) is 16.6. The fourth-order valence-corrected chi connectivity index (χ4v) is 4.38. The Morgan fingerprint density at radius 3 is 2.24 bits per heavy atom. The molecule has 0 aliphatic carbocycles. The molecule has 0 amide bonds. The molecule has 0 aliphatic rings. The lowest BCUT2D eigenvalue weighted by atomic mass is 10.2. The summed E-state index contributed by atoms with van der Waals surface area (Å²) in [5.41, 5.74) is 0.872. The normalized spacial score (nSPS) is 11.4. The number of halogens is 3. The summed E-state index contributed by atoms with van der Waals surface area (Å²) in [4.78, 5) is 0.0517. The van der Waals surface area contributed by atoms with Crippen molar-refractivity contribution in [2.45, 2.75) is 11.5 Å². The summed E-state index contributed by atoms with van der Waals surface area (Å²) in [6, 6.07) is 8.91. The topological polar surface area (TPSA) is 66.4 Å². The van der Waals surface area contributed by atoms with E-state index in [4.69, 9.17) is 28.3 Å². The first-order chi connectivity index (χ1) is 9.81. The largest absolute Gasteiger partial charge is 0.392 e. The molecule has 0 atom stereocenters. The van der Waals surface area contributed by atoms with E-state index in [2.05, 4.69) is 20.7 Å². The number of sulfonamides is 1. The van der Waals surface area contributed by atoms with Crippen molar-refractivity contribution in [1.82, 2.24) is 0 Å². The van der Waals surface area contributed by atoms with Crippen LogP contribution in [0.15, 0.2) is 45.8 Å². The number of benzene rings is 2. The van der Waals surface area contributed by atoms with Crippen LogP contribution in [0.1, 0.15) is 5.56 Å². The van der Waals surface area contributed by atoms with E-state index in [0.29, 0.717) is 20.1 Å². The third-order valence-electron chi connectivity index (χ3n) is 2.58. The van der Waals surface area contributed by atoms with Gasteiger partial charge in [0.15, 0.2) is 0 Å². The lowest BCUT2D eigenvalue weighted by molar-refractivity contribution is 0.281. The van der Waals surface area contributed by atoms with E-state index in [9.17, 15) is 8.42 Å². The molecule has 0 unspecified atom stereocenters. The van der Waals surface area contributed by atoms with Gasteiger partial charge >= 0.3 is 0 Å². The van der Waals surface area contributed by atoms with Gasteiger partial charge in [-0.15, -0.1) is 0 Å². The van der Waals surface area contributed by atoms with Crippen LogP contribution in [0.25, 0.3) is 0 Å². The highest BCUT2D eigenvalue weighted by molar-refractivity contribution is 9.10. The van der Waals surface area contributed by atoms with Crippen LogP contribution in [0.3, 0.4) is 0 Å². The SMILES string of the molecule is O=S(=O)(Nc1cc(Cl)cc(Cl)c1)c1ccc(CO)cc1Br. The first-order valence-electron chi connectivity index (χ1n) is 5.70. The molecule has 0 fully saturated rings. The van der Waals surface area contributed by atoms with Crippen molar-refractivity contribution in [3.05, 3.63) is 56.5 Å². The number of aliphatic hydroxyl groups excluding tert-OH is 1. The van der Waals surface area contributed by atoms with Crippen LogP contribution in [0.5, 0.6) is 0 Å². The van der Waals surface area contributed by atoms with Crippen LogP contribution in [0.4, 0.5) is 5.69 Å². The fraction of sp³-hybridized carbons (Fsp3) is 0.0769. The average molecular weight is 411 g/mol. The predicted molar refractivity (Wildman–Crippen MR) is 87.3 cm³/mol. The van der Waals surface area contributed by atoms with Gasteiger partial charge in [0.2, 0.25) is 0 Å². The Kier molecular flexibility index (Phi) is 5.16. The minimum atomic E-state index is -3.80. The van der Waals surface area contributed by atoms with Crippen LogP contribution in [0.2, 0.25) is 10.0 Å². The highest BCUT2D eigenvalue weighted by atomic mass is 79.9. The van der Waals surface area contributed by atoms with E-state index >= 15 is 0 Å². The molecule has 0 spiro atoms. The smallest absolute Gasteiger partial charge is 0.263 e. The van der Waals surface area contributed by atoms with Crippen molar-refractivity contribution in [1.29, 1.82) is 0 Å². The number of rotatable bonds is 4. The summed E-state index contributed by atoms with van der Waals surface area (Å²) < 4.78 is 27.5. The van der Waals surface area contributed by atoms with Gasteiger partial charge in [0.1, 0.15) is 4.90 Å². The van der Waals surface area contributed by atoms with E-state index in [1.54, 1.807) is 6.07 Å². The van der Waals surface area contributed by atoms with Crippen molar-refractivity contribution < 1.29 is 13.5 Å². The van der Waals surface area contributed by atoms with Gasteiger partial charge in [0, 0.05) is 14.5 Å². The second kappa shape index (κ2) is 6.54. The number of hydrogen-bond acceptors (Lipinski definition) is 3. The standard InChI is InChI=1S/C13H10BrCl2NO3S/c14-12-3-8(7-18)1-2-13(12)21(19,20)17-11-5-9(15)4-10(16)6-11/h1-6,17-18H,7H2. The van der Waals surface area contributed by atoms with Gasteiger partial charge in [-0.3, -0.25) is 4.72 Å². The second-order valence-corrected chi connectivity index (χ2v) is 7.56. The zero-order valence-electron chi connectivity index (χ0n) is 10.5. The predicted octanol–water partition coefficient (Wildman–Crippen LogP) is 4.05. The van der Waals surface area contributed by atoms with Crippen molar-refractivity contribution in [2.24, 2.45) is 0 Å². The molecule has 2 aromatic carbocycles. The van der Waals surface area contributed by atoms with Crippen molar-refractivity contribution in [3.8, 4) is 0 Å². The van der Waals surface area contributed by atoms with Crippen LogP contribution in [0, 0.1) is 0 Å². The number of nitrogens with one attached hydrogen (secondary N) is 1. The van der Waals surface area contributed by atoms with Crippen molar-refractivity contribution >= 4 is 54.8 Å². The second-order valence-electron chi connectivity index (χ2n) is 4.19. The molecular formula is C13H10BrCl2NO3S. The summed E-state index contributed by atoms with van der Waals surface area (Å²) in [7, 11) is -3.80. The summed E-state index contributed by atoms with van der Waals surface area (Å²) in [6.45, 7) is -0.170. The van der Waals surface area contributed by atoms with Crippen LogP contribution in [-0.2, 0) is 16.6 Å². The maximum absolute atomic E-state index is 12.4. The summed E-state index contributed by atoms with van der Waals surface area (Å²) in [5.74, 6) is 0. The molecule has 0 saturated heterocycles. The first-order valence-corrected chi connectivity index (χ1v) is 8.73. The Bertz CT molecular complexity index is 761. The Morgan fingerprint density at radius 2 is 1.71 bits per heavy atom. The molecule has 21 heavy (non-hydrogen) atoms. The molecule has 8 heteroatoms. The molecular weight excluding hydrogens is 401 g/mol. The highest BCUT2D eigenvalue weighted by Crippen LogP contribution is 2.28. The van der Waals surface area contributed by atoms with E-state index in [1.165, 1.54) is 30.3 Å². The van der Waals surface area contributed by atoms with Gasteiger partial charge in [0.05, 0.1) is 12.3 Å². The summed E-state index contributed by atoms with van der Waals surface area (Å²) >= 11 is 14.9. The quantitative estimate of drug-likeness (QED) is 0.798. The summed E-state index contributed by atoms with van der Waals surface area (Å²) in [5, 5.41) is 9.69. The Balaban J connectivity index is 2.38. The number of hydrogen-bond donors (Lipinski definition) is 2. The molecule has 0 aromatic heterocycles. The molecule has 0 heterocycles. The molecule has 2 N–H and O–H groups in total. The lowest BCUT2D eigenvalue weighted by Gasteiger charge is -2.11. The van der Waals surface area contributed by atoms with Crippen LogP contribution in [-0.4, -0.2) is 13.5 Å². The van der Waals surface area contributed by atoms with Gasteiger partial charge in [-0.05, 0) is 51.8 Å². The maximum Gasteiger partial charge on any atom is 0.263 e. The number of aliphatic hydroxyl groups is 1. The lowest BCUT2D eigenvalue weighted by Crippen LogP contribution is -2.13. The Morgan fingerprint density at radius 1 is 1.10 bits per heavy atom. The third-order valence-corrected chi connectivity index (χ3v) is 5.38. The van der Waals surface area contributed by atoms with Crippen molar-refractivity contribution in [2.75, 3.05) is 4.72 Å². The zero-order chi connectivity index (χ0) is 15.6. The molecule has 2 rings (SSSR count). The monoisotopic (exact) mass is 409 g/mol. The van der Waals surface area contributed by atoms with Crippen LogP contribution < -0.4 is 4.72 Å². The molecule has 4 nitrogen and oxygen atoms in total. The molecule has 0 radical (unpaired) electrons. The highest BCUT2D eigenvalue weighted by Gasteiger charge is 2.18. The molecule has 0 bridgehead atoms. The number of anilines is 1. The van der Waals surface area contributed by atoms with E-state index in [1.807, 2.05) is 0 Å². The summed E-state index contributed by atoms with van der Waals surface area (Å²) in [6.07, 6.45) is 0. The maximum atomic E-state index is 12.4. The van der Waals surface area contributed by atoms with Gasteiger partial charge < -0.3 is 5.11 Å². The Hall–Kier alpha value is -0.790. The van der Waals surface area contributed by atoms with Crippen molar-refractivity contribution in [3.63, 3.8) is 0 Å². The fourth-order valence-electron chi connectivity index (χ4n) is 1.68. The van der Waals surface area contributed by atoms with Gasteiger partial charge in [0.25, 0.3) is 10.0 Å². The van der Waals surface area contributed by atoms with Gasteiger partial charge in [-0.2, -0.15) is 0 Å². The molecule has 0 saturated carbocycles. The van der Waals surface area contributed by atoms with Crippen LogP contribution >= 0.6 is 39.1 Å². The van der Waals surface area contributed by atoms with E-state index in [-0.39, 0.29) is 17.2 Å².